The highest BCUT2D eigenvalue weighted by Crippen LogP contribution is 2.33. The number of nitrogens with two attached hydrogens (primary N) is 1. The topological polar surface area (TPSA) is 68.5 Å². The second-order valence-corrected chi connectivity index (χ2v) is 5.83. The third-order valence-electron chi connectivity index (χ3n) is 3.44. The van der Waals surface area contributed by atoms with Crippen molar-refractivity contribution in [3.05, 3.63) is 52.1 Å². The first-order valence-corrected chi connectivity index (χ1v) is 7.74. The highest BCUT2D eigenvalue weighted by atomic mass is 35.5. The zero-order valence-corrected chi connectivity index (χ0v) is 14.3. The molecule has 2 N–H and O–H groups in total. The van der Waals surface area contributed by atoms with Gasteiger partial charge in [-0.2, -0.15) is 0 Å². The molecule has 2 aromatic rings. The Balaban J connectivity index is 2.13. The largest absolute Gasteiger partial charge is 0.437 e. The molecule has 0 aliphatic carbocycles. The highest BCUT2D eigenvalue weighted by Gasteiger charge is 2.17. The number of rotatable bonds is 5. The normalized spacial score (nSPS) is 11.9. The molecule has 1 heterocycles. The number of benzene rings is 1. The van der Waals surface area contributed by atoms with Crippen LogP contribution < -0.4 is 10.5 Å². The van der Waals surface area contributed by atoms with Gasteiger partial charge in [0.05, 0.1) is 10.6 Å². The number of pyridine rings is 1. The maximum Gasteiger partial charge on any atom is 0.255 e. The van der Waals surface area contributed by atoms with Gasteiger partial charge in [-0.3, -0.25) is 4.79 Å². The quantitative estimate of drug-likeness (QED) is 0.891. The van der Waals surface area contributed by atoms with Gasteiger partial charge in [-0.25, -0.2) is 4.98 Å². The average Bonchev–Trinajstić information content (AvgIpc) is 2.57. The summed E-state index contributed by atoms with van der Waals surface area (Å²) >= 11 is 12.0. The zero-order chi connectivity index (χ0) is 17.0. The number of carbonyl (C=O) groups excluding carboxylic acids is 1. The van der Waals surface area contributed by atoms with Gasteiger partial charge in [0.25, 0.3) is 5.91 Å². The van der Waals surface area contributed by atoms with Gasteiger partial charge in [0.2, 0.25) is 5.88 Å². The van der Waals surface area contributed by atoms with Gasteiger partial charge >= 0.3 is 0 Å². The fourth-order valence-electron chi connectivity index (χ4n) is 1.80. The Kier molecular flexibility index (Phi) is 5.82. The van der Waals surface area contributed by atoms with Gasteiger partial charge in [0.1, 0.15) is 10.8 Å². The molecule has 0 aliphatic heterocycles. The second-order valence-electron chi connectivity index (χ2n) is 5.04. The highest BCUT2D eigenvalue weighted by molar-refractivity contribution is 6.42. The SMILES string of the molecule is CC(CN)N(C)C(=O)c1ccc(Oc2cccc(Cl)c2Cl)nc1. The van der Waals surface area contributed by atoms with Crippen LogP contribution in [0.5, 0.6) is 11.6 Å². The van der Waals surface area contributed by atoms with Crippen molar-refractivity contribution in [3.8, 4) is 11.6 Å². The van der Waals surface area contributed by atoms with Crippen LogP contribution >= 0.6 is 23.2 Å². The molecule has 7 heteroatoms. The molecule has 122 valence electrons. The van der Waals surface area contributed by atoms with E-state index in [9.17, 15) is 4.79 Å². The lowest BCUT2D eigenvalue weighted by Gasteiger charge is -2.23. The fourth-order valence-corrected chi connectivity index (χ4v) is 2.14. The standard InChI is InChI=1S/C16H17Cl2N3O2/c1-10(8-19)21(2)16(22)11-6-7-14(20-9-11)23-13-5-3-4-12(17)15(13)18/h3-7,9-10H,8,19H2,1-2H3. The minimum Gasteiger partial charge on any atom is -0.437 e. The molecule has 23 heavy (non-hydrogen) atoms. The van der Waals surface area contributed by atoms with Crippen molar-refractivity contribution in [2.45, 2.75) is 13.0 Å². The molecule has 1 atom stereocenters. The molecule has 5 nitrogen and oxygen atoms in total. The number of aromatic nitrogens is 1. The lowest BCUT2D eigenvalue weighted by molar-refractivity contribution is 0.0748. The van der Waals surface area contributed by atoms with Crippen LogP contribution in [0.25, 0.3) is 0 Å². The second kappa shape index (κ2) is 7.64. The number of hydrogen-bond donors (Lipinski definition) is 1. The van der Waals surface area contributed by atoms with Gasteiger partial charge in [0.15, 0.2) is 0 Å². The van der Waals surface area contributed by atoms with Crippen LogP contribution in [0.15, 0.2) is 36.5 Å². The summed E-state index contributed by atoms with van der Waals surface area (Å²) < 4.78 is 5.58. The third kappa shape index (κ3) is 4.13. The van der Waals surface area contributed by atoms with E-state index in [2.05, 4.69) is 4.98 Å². The van der Waals surface area contributed by atoms with Crippen LogP contribution in [0.3, 0.4) is 0 Å². The molecule has 2 rings (SSSR count). The average molecular weight is 354 g/mol. The van der Waals surface area contributed by atoms with Gasteiger partial charge in [-0.1, -0.05) is 29.3 Å². The van der Waals surface area contributed by atoms with E-state index in [1.165, 1.54) is 6.20 Å². The van der Waals surface area contributed by atoms with Crippen molar-refractivity contribution in [1.29, 1.82) is 0 Å². The van der Waals surface area contributed by atoms with Crippen LogP contribution in [0.4, 0.5) is 0 Å². The first-order valence-electron chi connectivity index (χ1n) is 6.99. The van der Waals surface area contributed by atoms with Crippen molar-refractivity contribution in [2.24, 2.45) is 5.73 Å². The monoisotopic (exact) mass is 353 g/mol. The summed E-state index contributed by atoms with van der Waals surface area (Å²) in [4.78, 5) is 18.0. The summed E-state index contributed by atoms with van der Waals surface area (Å²) in [5.41, 5.74) is 6.03. The molecule has 1 unspecified atom stereocenters. The first-order chi connectivity index (χ1) is 10.9. The molecular weight excluding hydrogens is 337 g/mol. The predicted octanol–water partition coefficient (Wildman–Crippen LogP) is 3.60. The van der Waals surface area contributed by atoms with Crippen LogP contribution in [-0.2, 0) is 0 Å². The van der Waals surface area contributed by atoms with E-state index >= 15 is 0 Å². The zero-order valence-electron chi connectivity index (χ0n) is 12.8. The molecule has 0 saturated heterocycles. The van der Waals surface area contributed by atoms with Crippen molar-refractivity contribution >= 4 is 29.1 Å². The predicted molar refractivity (Wildman–Crippen MR) is 91.4 cm³/mol. The number of ether oxygens (including phenoxy) is 1. The van der Waals surface area contributed by atoms with Crippen molar-refractivity contribution < 1.29 is 9.53 Å². The van der Waals surface area contributed by atoms with Crippen molar-refractivity contribution in [2.75, 3.05) is 13.6 Å². The molecule has 0 saturated carbocycles. The maximum absolute atomic E-state index is 12.3. The minimum atomic E-state index is -0.150. The minimum absolute atomic E-state index is 0.0521. The molecule has 0 radical (unpaired) electrons. The van der Waals surface area contributed by atoms with Crippen molar-refractivity contribution in [3.63, 3.8) is 0 Å². The molecular formula is C16H17Cl2N3O2. The Morgan fingerprint density at radius 2 is 2.09 bits per heavy atom. The van der Waals surface area contributed by atoms with E-state index in [1.54, 1.807) is 42.3 Å². The molecule has 0 bridgehead atoms. The van der Waals surface area contributed by atoms with E-state index < -0.39 is 0 Å². The smallest absolute Gasteiger partial charge is 0.255 e. The molecule has 0 fully saturated rings. The maximum atomic E-state index is 12.3. The number of carbonyl (C=O) groups is 1. The third-order valence-corrected chi connectivity index (χ3v) is 4.24. The van der Waals surface area contributed by atoms with Gasteiger partial charge in [-0.15, -0.1) is 0 Å². The van der Waals surface area contributed by atoms with Gasteiger partial charge < -0.3 is 15.4 Å². The molecule has 0 spiro atoms. The Hall–Kier alpha value is -1.82. The van der Waals surface area contributed by atoms with Crippen LogP contribution in [0.2, 0.25) is 10.0 Å². The molecule has 1 amide bonds. The summed E-state index contributed by atoms with van der Waals surface area (Å²) in [7, 11) is 1.70. The Morgan fingerprint density at radius 1 is 1.35 bits per heavy atom. The van der Waals surface area contributed by atoms with Crippen LogP contribution in [0, 0.1) is 0 Å². The number of likely N-dealkylation sites (N-methyl/N-ethyl adjacent to an activating group) is 1. The Bertz CT molecular complexity index is 692. The Morgan fingerprint density at radius 3 is 2.70 bits per heavy atom. The lowest BCUT2D eigenvalue weighted by Crippen LogP contribution is -2.39. The van der Waals surface area contributed by atoms with E-state index in [0.717, 1.165) is 0 Å². The van der Waals surface area contributed by atoms with E-state index in [4.69, 9.17) is 33.7 Å². The number of nitrogens with zero attached hydrogens (tertiary/aromatic N) is 2. The number of hydrogen-bond acceptors (Lipinski definition) is 4. The molecule has 1 aromatic heterocycles. The van der Waals surface area contributed by atoms with E-state index in [0.29, 0.717) is 33.8 Å². The molecule has 1 aromatic carbocycles. The van der Waals surface area contributed by atoms with Crippen LogP contribution in [0.1, 0.15) is 17.3 Å². The number of halogens is 2. The van der Waals surface area contributed by atoms with Crippen LogP contribution in [-0.4, -0.2) is 35.4 Å². The summed E-state index contributed by atoms with van der Waals surface area (Å²) in [5, 5.41) is 0.709. The fraction of sp³-hybridized carbons (Fsp3) is 0.250. The van der Waals surface area contributed by atoms with E-state index in [-0.39, 0.29) is 11.9 Å². The summed E-state index contributed by atoms with van der Waals surface area (Å²) in [6, 6.07) is 8.27. The summed E-state index contributed by atoms with van der Waals surface area (Å²) in [6.45, 7) is 2.27. The van der Waals surface area contributed by atoms with Gasteiger partial charge in [-0.05, 0) is 25.1 Å². The summed E-state index contributed by atoms with van der Waals surface area (Å²) in [6.07, 6.45) is 1.45. The Labute approximate surface area is 145 Å². The van der Waals surface area contributed by atoms with Crippen molar-refractivity contribution in [1.82, 2.24) is 9.88 Å². The summed E-state index contributed by atoms with van der Waals surface area (Å²) in [5.74, 6) is 0.572. The first kappa shape index (κ1) is 17.5. The molecule has 0 aliphatic rings. The number of amides is 1. The lowest BCUT2D eigenvalue weighted by atomic mass is 10.2. The van der Waals surface area contributed by atoms with Gasteiger partial charge in [0, 0.05) is 31.9 Å². The van der Waals surface area contributed by atoms with E-state index in [1.807, 2.05) is 6.92 Å².